The molecule has 2 aromatic carbocycles. The summed E-state index contributed by atoms with van der Waals surface area (Å²) in [4.78, 5) is 27.1. The molecule has 0 saturated heterocycles. The molecule has 0 unspecified atom stereocenters. The number of benzene rings is 2. The lowest BCUT2D eigenvalue weighted by molar-refractivity contribution is -0.139. The number of halogens is 2. The summed E-state index contributed by atoms with van der Waals surface area (Å²) in [6, 6.07) is 13.0. The average Bonchev–Trinajstić information content (AvgIpc) is 2.67. The number of carbonyl (C=O) groups excluding carboxylic acids is 2. The highest BCUT2D eigenvalue weighted by molar-refractivity contribution is 7.99. The van der Waals surface area contributed by atoms with Crippen LogP contribution in [0.4, 0.5) is 4.39 Å². The number of nitrogens with one attached hydrogen (secondary N) is 1. The highest BCUT2D eigenvalue weighted by atomic mass is 35.5. The molecule has 30 heavy (non-hydrogen) atoms. The average molecular weight is 451 g/mol. The van der Waals surface area contributed by atoms with Gasteiger partial charge in [0.15, 0.2) is 0 Å². The zero-order valence-electron chi connectivity index (χ0n) is 17.7. The summed E-state index contributed by atoms with van der Waals surface area (Å²) in [5.74, 6) is -0.0559. The van der Waals surface area contributed by atoms with Gasteiger partial charge in [-0.25, -0.2) is 4.39 Å². The standard InChI is InChI=1S/C23H28ClFN2O2S/c1-16(22(29)26-23(2,3)4)27(13-18-7-5-6-8-20(18)25)21(28)15-30-14-17-9-11-19(24)12-10-17/h5-12,16H,13-15H2,1-4H3,(H,26,29)/t16-/m0/s1. The van der Waals surface area contributed by atoms with Gasteiger partial charge in [0.2, 0.25) is 11.8 Å². The molecule has 0 aliphatic rings. The highest BCUT2D eigenvalue weighted by Gasteiger charge is 2.28. The molecule has 162 valence electrons. The second kappa shape index (κ2) is 10.8. The Kier molecular flexibility index (Phi) is 8.74. The number of rotatable bonds is 8. The molecule has 4 nitrogen and oxygen atoms in total. The lowest BCUT2D eigenvalue weighted by Gasteiger charge is -2.31. The Morgan fingerprint density at radius 1 is 1.13 bits per heavy atom. The molecule has 7 heteroatoms. The Morgan fingerprint density at radius 3 is 2.37 bits per heavy atom. The van der Waals surface area contributed by atoms with Crippen LogP contribution < -0.4 is 5.32 Å². The largest absolute Gasteiger partial charge is 0.350 e. The molecule has 1 N–H and O–H groups in total. The van der Waals surface area contributed by atoms with Crippen molar-refractivity contribution in [3.63, 3.8) is 0 Å². The van der Waals surface area contributed by atoms with Crippen LogP contribution in [0, 0.1) is 5.82 Å². The van der Waals surface area contributed by atoms with Crippen LogP contribution >= 0.6 is 23.4 Å². The van der Waals surface area contributed by atoms with E-state index in [1.807, 2.05) is 45.0 Å². The SMILES string of the molecule is C[C@@H](C(=O)NC(C)(C)C)N(Cc1ccccc1F)C(=O)CSCc1ccc(Cl)cc1. The molecule has 0 heterocycles. The molecule has 0 aromatic heterocycles. The Hall–Kier alpha value is -2.05. The van der Waals surface area contributed by atoms with Crippen molar-refractivity contribution < 1.29 is 14.0 Å². The number of amides is 2. The van der Waals surface area contributed by atoms with Crippen molar-refractivity contribution in [2.45, 2.75) is 51.6 Å². The summed E-state index contributed by atoms with van der Waals surface area (Å²) in [6.45, 7) is 7.34. The third-order valence-electron chi connectivity index (χ3n) is 4.37. The van der Waals surface area contributed by atoms with E-state index in [-0.39, 0.29) is 24.1 Å². The second-order valence-corrected chi connectivity index (χ2v) is 9.57. The first-order valence-corrected chi connectivity index (χ1v) is 11.3. The van der Waals surface area contributed by atoms with E-state index in [9.17, 15) is 14.0 Å². The molecular formula is C23H28ClFN2O2S. The molecule has 0 aliphatic heterocycles. The van der Waals surface area contributed by atoms with Crippen LogP contribution in [-0.2, 0) is 21.9 Å². The maximum atomic E-state index is 14.2. The molecule has 0 bridgehead atoms. The third-order valence-corrected chi connectivity index (χ3v) is 5.61. The molecule has 2 rings (SSSR count). The zero-order chi connectivity index (χ0) is 22.3. The first kappa shape index (κ1) is 24.2. The van der Waals surface area contributed by atoms with E-state index in [1.54, 1.807) is 25.1 Å². The van der Waals surface area contributed by atoms with Crippen molar-refractivity contribution in [1.29, 1.82) is 0 Å². The summed E-state index contributed by atoms with van der Waals surface area (Å²) in [6.07, 6.45) is 0. The summed E-state index contributed by atoms with van der Waals surface area (Å²) in [7, 11) is 0. The first-order chi connectivity index (χ1) is 14.1. The van der Waals surface area contributed by atoms with Gasteiger partial charge in [0.1, 0.15) is 11.9 Å². The molecule has 2 amide bonds. The fourth-order valence-corrected chi connectivity index (χ4v) is 3.78. The second-order valence-electron chi connectivity index (χ2n) is 8.15. The van der Waals surface area contributed by atoms with E-state index in [4.69, 9.17) is 11.6 Å². The van der Waals surface area contributed by atoms with Gasteiger partial charge in [-0.2, -0.15) is 0 Å². The Morgan fingerprint density at radius 2 is 1.77 bits per heavy atom. The number of nitrogens with zero attached hydrogens (tertiary/aromatic N) is 1. The van der Waals surface area contributed by atoms with Gasteiger partial charge in [-0.15, -0.1) is 11.8 Å². The van der Waals surface area contributed by atoms with Crippen molar-refractivity contribution in [2.75, 3.05) is 5.75 Å². The molecule has 0 aliphatic carbocycles. The van der Waals surface area contributed by atoms with Crippen LogP contribution in [0.2, 0.25) is 5.02 Å². The predicted octanol–water partition coefficient (Wildman–Crippen LogP) is 5.04. The Balaban J connectivity index is 2.10. The van der Waals surface area contributed by atoms with Crippen LogP contribution in [0.25, 0.3) is 0 Å². The summed E-state index contributed by atoms with van der Waals surface area (Å²) in [5, 5.41) is 3.56. The van der Waals surface area contributed by atoms with E-state index in [0.29, 0.717) is 16.3 Å². The van der Waals surface area contributed by atoms with Crippen molar-refractivity contribution in [1.82, 2.24) is 10.2 Å². The van der Waals surface area contributed by atoms with Crippen LogP contribution in [0.1, 0.15) is 38.8 Å². The van der Waals surface area contributed by atoms with E-state index in [2.05, 4.69) is 5.32 Å². The molecule has 0 radical (unpaired) electrons. The zero-order valence-corrected chi connectivity index (χ0v) is 19.3. The minimum atomic E-state index is -0.729. The molecule has 2 aromatic rings. The first-order valence-electron chi connectivity index (χ1n) is 9.74. The Bertz CT molecular complexity index is 868. The molecule has 0 saturated carbocycles. The van der Waals surface area contributed by atoms with E-state index >= 15 is 0 Å². The van der Waals surface area contributed by atoms with Gasteiger partial charge in [0.05, 0.1) is 5.75 Å². The topological polar surface area (TPSA) is 49.4 Å². The van der Waals surface area contributed by atoms with Gasteiger partial charge in [0, 0.05) is 28.4 Å². The maximum Gasteiger partial charge on any atom is 0.242 e. The van der Waals surface area contributed by atoms with Crippen LogP contribution in [0.3, 0.4) is 0 Å². The molecule has 1 atom stereocenters. The van der Waals surface area contributed by atoms with Crippen LogP contribution in [0.5, 0.6) is 0 Å². The number of thioether (sulfide) groups is 1. The van der Waals surface area contributed by atoms with Crippen molar-refractivity contribution >= 4 is 35.2 Å². The third kappa shape index (κ3) is 7.65. The summed E-state index contributed by atoms with van der Waals surface area (Å²) >= 11 is 7.35. The fraction of sp³-hybridized carbons (Fsp3) is 0.391. The maximum absolute atomic E-state index is 14.2. The van der Waals surface area contributed by atoms with E-state index in [0.717, 1.165) is 5.56 Å². The number of hydrogen-bond donors (Lipinski definition) is 1. The van der Waals surface area contributed by atoms with Gasteiger partial charge < -0.3 is 10.2 Å². The molecular weight excluding hydrogens is 423 g/mol. The van der Waals surface area contributed by atoms with Gasteiger partial charge >= 0.3 is 0 Å². The normalized spacial score (nSPS) is 12.3. The predicted molar refractivity (Wildman–Crippen MR) is 122 cm³/mol. The minimum Gasteiger partial charge on any atom is -0.350 e. The van der Waals surface area contributed by atoms with Crippen molar-refractivity contribution in [2.24, 2.45) is 0 Å². The van der Waals surface area contributed by atoms with Crippen molar-refractivity contribution in [3.05, 3.63) is 70.5 Å². The van der Waals surface area contributed by atoms with Gasteiger partial charge in [-0.05, 0) is 51.5 Å². The quantitative estimate of drug-likeness (QED) is 0.612. The van der Waals surface area contributed by atoms with E-state index in [1.165, 1.54) is 22.7 Å². The lowest BCUT2D eigenvalue weighted by Crippen LogP contribution is -2.52. The minimum absolute atomic E-state index is 0.0335. The molecule has 0 fully saturated rings. The summed E-state index contributed by atoms with van der Waals surface area (Å²) in [5.41, 5.74) is 1.00. The van der Waals surface area contributed by atoms with Crippen molar-refractivity contribution in [3.8, 4) is 0 Å². The van der Waals surface area contributed by atoms with Crippen LogP contribution in [0.15, 0.2) is 48.5 Å². The van der Waals surface area contributed by atoms with Gasteiger partial charge in [0.25, 0.3) is 0 Å². The molecule has 0 spiro atoms. The highest BCUT2D eigenvalue weighted by Crippen LogP contribution is 2.19. The van der Waals surface area contributed by atoms with Crippen LogP contribution in [-0.4, -0.2) is 34.0 Å². The monoisotopic (exact) mass is 450 g/mol. The Labute approximate surface area is 187 Å². The van der Waals surface area contributed by atoms with Gasteiger partial charge in [-0.1, -0.05) is 41.9 Å². The fourth-order valence-electron chi connectivity index (χ4n) is 2.79. The smallest absolute Gasteiger partial charge is 0.242 e. The lowest BCUT2D eigenvalue weighted by atomic mass is 10.1. The van der Waals surface area contributed by atoms with Gasteiger partial charge in [-0.3, -0.25) is 9.59 Å². The number of carbonyl (C=O) groups is 2. The summed E-state index contributed by atoms with van der Waals surface area (Å²) < 4.78 is 14.2. The number of hydrogen-bond acceptors (Lipinski definition) is 3. The van der Waals surface area contributed by atoms with E-state index < -0.39 is 17.4 Å².